The van der Waals surface area contributed by atoms with Gasteiger partial charge in [0, 0.05) is 50.5 Å². The Balaban J connectivity index is 0.849. The van der Waals surface area contributed by atoms with Crippen molar-refractivity contribution < 1.29 is 27.6 Å². The van der Waals surface area contributed by atoms with Crippen molar-refractivity contribution in [3.8, 4) is 11.5 Å². The SMILES string of the molecule is CN1/C(=C/c2cc[n+](CCC[N+](C)(C)CC[N+](C)(C)CCC[n+]3ccc(/C=C4/Oc5ccccc5N4C)c4ccccc43)c3ccccc23)Oc2ccccc21. The van der Waals surface area contributed by atoms with Gasteiger partial charge < -0.3 is 28.2 Å². The summed E-state index contributed by atoms with van der Waals surface area (Å²) >= 11 is 0. The van der Waals surface area contributed by atoms with E-state index in [4.69, 9.17) is 9.47 Å². The standard InChI is InChI=1S/C48H56N6O2/c1-49-43-21-11-13-23-45(43)55-47(49)35-37-25-29-51(41-19-9-7-17-39(37)41)27-15-31-53(3,4)33-34-54(5,6)32-16-28-52-30-26-38(40-18-8-10-20-42(40)52)36-48-50(2)44-22-12-14-24-46(44)56-48/h7-14,17-26,29-30,35-36H,15-16,27-28,31-34H2,1-6H3/q+4. The number of aromatic nitrogens is 2. The molecule has 6 aromatic rings. The van der Waals surface area contributed by atoms with Crippen molar-refractivity contribution in [2.75, 3.05) is 78.3 Å². The lowest BCUT2D eigenvalue weighted by atomic mass is 10.1. The van der Waals surface area contributed by atoms with E-state index in [9.17, 15) is 0 Å². The minimum Gasteiger partial charge on any atom is -0.439 e. The Kier molecular flexibility index (Phi) is 10.3. The summed E-state index contributed by atoms with van der Waals surface area (Å²) in [5.41, 5.74) is 7.02. The number of para-hydroxylation sites is 6. The van der Waals surface area contributed by atoms with Crippen molar-refractivity contribution in [1.82, 2.24) is 0 Å². The Morgan fingerprint density at radius 1 is 0.500 bits per heavy atom. The largest absolute Gasteiger partial charge is 0.439 e. The molecule has 8 heteroatoms. The molecule has 0 atom stereocenters. The van der Waals surface area contributed by atoms with Crippen molar-refractivity contribution in [3.63, 3.8) is 0 Å². The number of hydrogen-bond donors (Lipinski definition) is 0. The van der Waals surface area contributed by atoms with Gasteiger partial charge in [-0.3, -0.25) is 0 Å². The molecule has 0 aliphatic carbocycles. The van der Waals surface area contributed by atoms with Crippen LogP contribution in [0, 0.1) is 0 Å². The number of hydrogen-bond acceptors (Lipinski definition) is 4. The van der Waals surface area contributed by atoms with Gasteiger partial charge in [-0.2, -0.15) is 9.13 Å². The lowest BCUT2D eigenvalue weighted by molar-refractivity contribution is -0.947. The first-order chi connectivity index (χ1) is 27.1. The zero-order valence-electron chi connectivity index (χ0n) is 33.9. The molecule has 2 aromatic heterocycles. The third kappa shape index (κ3) is 7.85. The third-order valence-corrected chi connectivity index (χ3v) is 11.7. The van der Waals surface area contributed by atoms with Crippen LogP contribution in [0.5, 0.6) is 11.5 Å². The lowest BCUT2D eigenvalue weighted by Crippen LogP contribution is -2.52. The molecule has 0 fully saturated rings. The molecule has 4 heterocycles. The zero-order valence-corrected chi connectivity index (χ0v) is 33.9. The molecule has 0 amide bonds. The van der Waals surface area contributed by atoms with E-state index < -0.39 is 0 Å². The Hall–Kier alpha value is -5.70. The summed E-state index contributed by atoms with van der Waals surface area (Å²) in [7, 11) is 13.7. The van der Waals surface area contributed by atoms with Crippen molar-refractivity contribution >= 4 is 45.3 Å². The number of benzene rings is 4. The summed E-state index contributed by atoms with van der Waals surface area (Å²) in [6.07, 6.45) is 11.0. The number of nitrogens with zero attached hydrogens (tertiary/aromatic N) is 6. The lowest BCUT2D eigenvalue weighted by Gasteiger charge is -2.35. The molecule has 8 nitrogen and oxygen atoms in total. The molecule has 0 saturated carbocycles. The second-order valence-corrected chi connectivity index (χ2v) is 16.7. The monoisotopic (exact) mass is 748 g/mol. The van der Waals surface area contributed by atoms with Gasteiger partial charge in [0.05, 0.1) is 76.3 Å². The predicted molar refractivity (Wildman–Crippen MR) is 228 cm³/mol. The highest BCUT2D eigenvalue weighted by Gasteiger charge is 2.27. The fraction of sp³-hybridized carbons (Fsp3) is 0.292. The van der Waals surface area contributed by atoms with Crippen LogP contribution in [-0.2, 0) is 13.1 Å². The van der Waals surface area contributed by atoms with Gasteiger partial charge in [-0.1, -0.05) is 48.5 Å². The van der Waals surface area contributed by atoms with E-state index in [-0.39, 0.29) is 0 Å². The van der Waals surface area contributed by atoms with Gasteiger partial charge >= 0.3 is 0 Å². The number of likely N-dealkylation sites (N-methyl/N-ethyl adjacent to an activating group) is 2. The highest BCUT2D eigenvalue weighted by molar-refractivity contribution is 5.88. The summed E-state index contributed by atoms with van der Waals surface area (Å²) in [6, 6.07) is 38.3. The van der Waals surface area contributed by atoms with Crippen LogP contribution in [0.3, 0.4) is 0 Å². The first kappa shape index (κ1) is 37.2. The van der Waals surface area contributed by atoms with Crippen LogP contribution in [-0.4, -0.2) is 77.4 Å². The van der Waals surface area contributed by atoms with E-state index in [0.717, 1.165) is 107 Å². The second-order valence-electron chi connectivity index (χ2n) is 16.7. The summed E-state index contributed by atoms with van der Waals surface area (Å²) < 4.78 is 19.3. The van der Waals surface area contributed by atoms with Gasteiger partial charge in [-0.05, 0) is 47.5 Å². The minimum absolute atomic E-state index is 0.847. The fourth-order valence-electron chi connectivity index (χ4n) is 8.12. The number of quaternary nitrogens is 2. The molecular weight excluding hydrogens is 693 g/mol. The maximum absolute atomic E-state index is 6.21. The van der Waals surface area contributed by atoms with E-state index in [1.54, 1.807) is 0 Å². The average molecular weight is 749 g/mol. The van der Waals surface area contributed by atoms with Crippen LogP contribution < -0.4 is 28.4 Å². The normalized spacial score (nSPS) is 15.5. The maximum Gasteiger partial charge on any atom is 0.213 e. The number of pyridine rings is 2. The number of anilines is 2. The molecule has 0 N–H and O–H groups in total. The first-order valence-electron chi connectivity index (χ1n) is 20.0. The number of aryl methyl sites for hydroxylation is 2. The smallest absolute Gasteiger partial charge is 0.213 e. The molecule has 0 spiro atoms. The van der Waals surface area contributed by atoms with Gasteiger partial charge in [0.2, 0.25) is 22.8 Å². The van der Waals surface area contributed by atoms with Gasteiger partial charge in [-0.15, -0.1) is 0 Å². The molecule has 4 aromatic carbocycles. The van der Waals surface area contributed by atoms with E-state index >= 15 is 0 Å². The zero-order chi connectivity index (χ0) is 38.9. The molecule has 0 bridgehead atoms. The van der Waals surface area contributed by atoms with Crippen LogP contribution in [0.1, 0.15) is 24.0 Å². The second kappa shape index (κ2) is 15.4. The average Bonchev–Trinajstić information content (AvgIpc) is 3.70. The van der Waals surface area contributed by atoms with Crippen LogP contribution in [0.2, 0.25) is 0 Å². The maximum atomic E-state index is 6.21. The van der Waals surface area contributed by atoms with Crippen molar-refractivity contribution in [2.45, 2.75) is 25.9 Å². The molecule has 2 aliphatic rings. The van der Waals surface area contributed by atoms with E-state index in [0.29, 0.717) is 0 Å². The minimum atomic E-state index is 0.847. The summed E-state index contributed by atoms with van der Waals surface area (Å²) in [4.78, 5) is 4.24. The molecule has 0 unspecified atom stereocenters. The Morgan fingerprint density at radius 3 is 1.32 bits per heavy atom. The summed E-state index contributed by atoms with van der Waals surface area (Å²) in [6.45, 7) is 6.50. The van der Waals surface area contributed by atoms with Crippen LogP contribution >= 0.6 is 0 Å². The van der Waals surface area contributed by atoms with Crippen molar-refractivity contribution in [3.05, 3.63) is 144 Å². The molecule has 56 heavy (non-hydrogen) atoms. The highest BCUT2D eigenvalue weighted by Crippen LogP contribution is 2.39. The third-order valence-electron chi connectivity index (χ3n) is 11.7. The molecule has 0 radical (unpaired) electrons. The Bertz CT molecular complexity index is 2280. The van der Waals surface area contributed by atoms with Crippen LogP contribution in [0.4, 0.5) is 11.4 Å². The highest BCUT2D eigenvalue weighted by atomic mass is 16.5. The van der Waals surface area contributed by atoms with Crippen LogP contribution in [0.15, 0.2) is 133 Å². The van der Waals surface area contributed by atoms with E-state index in [1.807, 2.05) is 24.3 Å². The van der Waals surface area contributed by atoms with Gasteiger partial charge in [-0.25, -0.2) is 0 Å². The molecule has 0 saturated heterocycles. The topological polar surface area (TPSA) is 32.7 Å². The quantitative estimate of drug-likeness (QED) is 0.0891. The number of ether oxygens (including phenoxy) is 2. The molecule has 286 valence electrons. The molecule has 2 aliphatic heterocycles. The Morgan fingerprint density at radius 2 is 0.893 bits per heavy atom. The van der Waals surface area contributed by atoms with Crippen LogP contribution in [0.25, 0.3) is 34.0 Å². The van der Waals surface area contributed by atoms with Gasteiger partial charge in [0.1, 0.15) is 13.1 Å². The Labute approximate surface area is 332 Å². The molecular formula is C48H56N6O2+4. The van der Waals surface area contributed by atoms with Gasteiger partial charge in [0.15, 0.2) is 37.0 Å². The number of fused-ring (bicyclic) bond motifs is 4. The van der Waals surface area contributed by atoms with Gasteiger partial charge in [0.25, 0.3) is 0 Å². The summed E-state index contributed by atoms with van der Waals surface area (Å²) in [5.74, 6) is 3.50. The molecule has 8 rings (SSSR count). The van der Waals surface area contributed by atoms with Crippen molar-refractivity contribution in [2.24, 2.45) is 0 Å². The van der Waals surface area contributed by atoms with Crippen molar-refractivity contribution in [1.29, 1.82) is 0 Å². The number of rotatable bonds is 13. The fourth-order valence-corrected chi connectivity index (χ4v) is 8.12. The first-order valence-corrected chi connectivity index (χ1v) is 20.0. The van der Waals surface area contributed by atoms with E-state index in [1.165, 1.54) is 21.8 Å². The summed E-state index contributed by atoms with van der Waals surface area (Å²) in [5, 5.41) is 2.47. The van der Waals surface area contributed by atoms with E-state index in [2.05, 4.69) is 171 Å². The predicted octanol–water partition coefficient (Wildman–Crippen LogP) is 7.86.